The van der Waals surface area contributed by atoms with Gasteiger partial charge in [-0.2, -0.15) is 0 Å². The number of nitrogens with zero attached hydrogens (tertiary/aromatic N) is 1. The highest BCUT2D eigenvalue weighted by atomic mass is 32.2. The van der Waals surface area contributed by atoms with Crippen molar-refractivity contribution in [3.05, 3.63) is 0 Å². The van der Waals surface area contributed by atoms with Gasteiger partial charge in [0.1, 0.15) is 0 Å². The normalized spacial score (nSPS) is 23.2. The van der Waals surface area contributed by atoms with Crippen LogP contribution in [0.1, 0.15) is 12.8 Å². The minimum atomic E-state index is -1.64. The molecule has 0 bridgehead atoms. The van der Waals surface area contributed by atoms with Crippen LogP contribution in [0.5, 0.6) is 0 Å². The zero-order chi connectivity index (χ0) is 9.68. The van der Waals surface area contributed by atoms with Crippen molar-refractivity contribution in [3.63, 3.8) is 0 Å². The van der Waals surface area contributed by atoms with Crippen molar-refractivity contribution in [2.24, 2.45) is 11.7 Å². The molecule has 0 aliphatic carbocycles. The molecule has 0 aromatic heterocycles. The van der Waals surface area contributed by atoms with Crippen molar-refractivity contribution in [1.82, 2.24) is 4.90 Å². The summed E-state index contributed by atoms with van der Waals surface area (Å²) < 4.78 is 19.0. The maximum Gasteiger partial charge on any atom is 0.154 e. The van der Waals surface area contributed by atoms with Gasteiger partial charge in [0, 0.05) is 6.54 Å². The maximum atomic E-state index is 10.4. The molecule has 1 saturated heterocycles. The van der Waals surface area contributed by atoms with Gasteiger partial charge in [-0.25, -0.2) is 4.21 Å². The molecule has 5 heteroatoms. The molecule has 0 aromatic carbocycles. The van der Waals surface area contributed by atoms with Crippen LogP contribution in [0.3, 0.4) is 0 Å². The number of hydrogen-bond acceptors (Lipinski definition) is 3. The Hall–Kier alpha value is 0.0300. The third kappa shape index (κ3) is 4.17. The van der Waals surface area contributed by atoms with Crippen molar-refractivity contribution in [2.45, 2.75) is 12.8 Å². The SMILES string of the molecule is NCC1CCN(CCS(=O)O)CC1. The molecule has 1 unspecified atom stereocenters. The number of hydrogen-bond donors (Lipinski definition) is 2. The van der Waals surface area contributed by atoms with Gasteiger partial charge in [-0.1, -0.05) is 0 Å². The monoisotopic (exact) mass is 206 g/mol. The Labute approximate surface area is 81.8 Å². The van der Waals surface area contributed by atoms with Crippen LogP contribution in [-0.2, 0) is 11.1 Å². The summed E-state index contributed by atoms with van der Waals surface area (Å²) in [4.78, 5) is 2.24. The Morgan fingerprint density at radius 1 is 1.46 bits per heavy atom. The molecule has 13 heavy (non-hydrogen) atoms. The number of likely N-dealkylation sites (tertiary alicyclic amines) is 1. The predicted octanol–water partition coefficient (Wildman–Crippen LogP) is -0.121. The van der Waals surface area contributed by atoms with Crippen LogP contribution in [0.4, 0.5) is 0 Å². The van der Waals surface area contributed by atoms with Gasteiger partial charge in [-0.3, -0.25) is 0 Å². The minimum absolute atomic E-state index is 0.368. The summed E-state index contributed by atoms with van der Waals surface area (Å²) in [5.74, 6) is 1.03. The van der Waals surface area contributed by atoms with E-state index in [1.54, 1.807) is 0 Å². The third-order valence-corrected chi connectivity index (χ3v) is 3.15. The Morgan fingerprint density at radius 3 is 2.54 bits per heavy atom. The highest BCUT2D eigenvalue weighted by Gasteiger charge is 2.17. The van der Waals surface area contributed by atoms with Crippen molar-refractivity contribution < 1.29 is 8.76 Å². The lowest BCUT2D eigenvalue weighted by Crippen LogP contribution is -2.38. The molecule has 4 nitrogen and oxygen atoms in total. The quantitative estimate of drug-likeness (QED) is 0.629. The van der Waals surface area contributed by atoms with Crippen molar-refractivity contribution >= 4 is 11.1 Å². The van der Waals surface area contributed by atoms with E-state index in [9.17, 15) is 4.21 Å². The summed E-state index contributed by atoms with van der Waals surface area (Å²) in [7, 11) is 0. The molecule has 0 spiro atoms. The van der Waals surface area contributed by atoms with Gasteiger partial charge >= 0.3 is 0 Å². The van der Waals surface area contributed by atoms with E-state index in [0.717, 1.165) is 39.0 Å². The van der Waals surface area contributed by atoms with Gasteiger partial charge in [0.15, 0.2) is 11.1 Å². The van der Waals surface area contributed by atoms with Crippen molar-refractivity contribution in [2.75, 3.05) is 31.9 Å². The average molecular weight is 206 g/mol. The smallest absolute Gasteiger partial charge is 0.154 e. The number of nitrogens with two attached hydrogens (primary N) is 1. The van der Waals surface area contributed by atoms with Crippen LogP contribution in [0.25, 0.3) is 0 Å². The van der Waals surface area contributed by atoms with Crippen molar-refractivity contribution in [1.29, 1.82) is 0 Å². The largest absolute Gasteiger partial charge is 0.330 e. The van der Waals surface area contributed by atoms with Gasteiger partial charge in [0.05, 0.1) is 5.75 Å². The molecule has 1 rings (SSSR count). The van der Waals surface area contributed by atoms with Crippen LogP contribution in [0.15, 0.2) is 0 Å². The van der Waals surface area contributed by atoms with E-state index in [1.807, 2.05) is 0 Å². The van der Waals surface area contributed by atoms with E-state index < -0.39 is 11.1 Å². The first kappa shape index (κ1) is 11.1. The summed E-state index contributed by atoms with van der Waals surface area (Å²) in [6, 6.07) is 0. The first-order valence-electron chi connectivity index (χ1n) is 4.72. The molecule has 1 atom stereocenters. The molecule has 1 heterocycles. The van der Waals surface area contributed by atoms with Gasteiger partial charge in [-0.05, 0) is 38.4 Å². The molecule has 0 amide bonds. The molecule has 0 radical (unpaired) electrons. The van der Waals surface area contributed by atoms with Gasteiger partial charge in [0.2, 0.25) is 0 Å². The summed E-state index contributed by atoms with van der Waals surface area (Å²) in [5, 5.41) is 0. The van der Waals surface area contributed by atoms with E-state index in [4.69, 9.17) is 10.3 Å². The highest BCUT2D eigenvalue weighted by Crippen LogP contribution is 2.15. The highest BCUT2D eigenvalue weighted by molar-refractivity contribution is 7.79. The molecule has 1 fully saturated rings. The molecule has 1 aliphatic heterocycles. The fraction of sp³-hybridized carbons (Fsp3) is 1.00. The molecular weight excluding hydrogens is 188 g/mol. The minimum Gasteiger partial charge on any atom is -0.330 e. The topological polar surface area (TPSA) is 66.6 Å². The van der Waals surface area contributed by atoms with Gasteiger partial charge in [0.25, 0.3) is 0 Å². The second-order valence-electron chi connectivity index (χ2n) is 3.55. The molecular formula is C8H18N2O2S. The molecule has 0 aromatic rings. The fourth-order valence-corrected chi connectivity index (χ4v) is 2.07. The number of piperidine rings is 1. The lowest BCUT2D eigenvalue weighted by Gasteiger charge is -2.30. The molecule has 0 saturated carbocycles. The van der Waals surface area contributed by atoms with Crippen LogP contribution in [0.2, 0.25) is 0 Å². The average Bonchev–Trinajstić information content (AvgIpc) is 2.15. The molecule has 3 N–H and O–H groups in total. The van der Waals surface area contributed by atoms with E-state index >= 15 is 0 Å². The molecule has 1 aliphatic rings. The summed E-state index contributed by atoms with van der Waals surface area (Å²) >= 11 is -1.64. The zero-order valence-corrected chi connectivity index (χ0v) is 8.63. The Kier molecular flexibility index (Phi) is 4.87. The Bertz CT molecular complexity index is 170. The summed E-state index contributed by atoms with van der Waals surface area (Å²) in [5.41, 5.74) is 5.56. The molecule has 78 valence electrons. The number of rotatable bonds is 4. The van der Waals surface area contributed by atoms with Crippen LogP contribution < -0.4 is 5.73 Å². The predicted molar refractivity (Wildman–Crippen MR) is 53.9 cm³/mol. The van der Waals surface area contributed by atoms with Crippen LogP contribution in [0, 0.1) is 5.92 Å². The van der Waals surface area contributed by atoms with Crippen molar-refractivity contribution in [3.8, 4) is 0 Å². The lowest BCUT2D eigenvalue weighted by molar-refractivity contribution is 0.196. The Morgan fingerprint density at radius 2 is 2.08 bits per heavy atom. The summed E-state index contributed by atoms with van der Waals surface area (Å²) in [6.07, 6.45) is 2.27. The fourth-order valence-electron chi connectivity index (χ4n) is 1.65. The Balaban J connectivity index is 2.14. The van der Waals surface area contributed by atoms with E-state index in [1.165, 1.54) is 0 Å². The maximum absolute atomic E-state index is 10.4. The summed E-state index contributed by atoms with van der Waals surface area (Å²) in [6.45, 7) is 3.57. The van der Waals surface area contributed by atoms with E-state index in [0.29, 0.717) is 11.7 Å². The van der Waals surface area contributed by atoms with Crippen LogP contribution in [-0.4, -0.2) is 45.6 Å². The standard InChI is InChI=1S/C8H18N2O2S/c9-7-8-1-3-10(4-2-8)5-6-13(11)12/h8H,1-7,9H2,(H,11,12). The van der Waals surface area contributed by atoms with Gasteiger partial charge < -0.3 is 15.2 Å². The first-order valence-corrected chi connectivity index (χ1v) is 6.00. The van der Waals surface area contributed by atoms with E-state index in [-0.39, 0.29) is 0 Å². The second kappa shape index (κ2) is 5.70. The van der Waals surface area contributed by atoms with E-state index in [2.05, 4.69) is 4.90 Å². The van der Waals surface area contributed by atoms with Crippen LogP contribution >= 0.6 is 0 Å². The zero-order valence-electron chi connectivity index (χ0n) is 7.82. The lowest BCUT2D eigenvalue weighted by atomic mass is 9.97. The van der Waals surface area contributed by atoms with Gasteiger partial charge in [-0.15, -0.1) is 0 Å². The first-order chi connectivity index (χ1) is 6.22. The second-order valence-corrected chi connectivity index (χ2v) is 4.60. The third-order valence-electron chi connectivity index (χ3n) is 2.62.